The number of pyridine rings is 1. The van der Waals surface area contributed by atoms with Crippen molar-refractivity contribution in [1.82, 2.24) is 4.40 Å². The molecule has 0 aliphatic carbocycles. The van der Waals surface area contributed by atoms with E-state index in [9.17, 15) is 9.59 Å². The van der Waals surface area contributed by atoms with Gasteiger partial charge >= 0.3 is 11.9 Å². The number of carbonyl (C=O) groups is 2. The predicted octanol–water partition coefficient (Wildman–Crippen LogP) is 4.91. The third-order valence-electron chi connectivity index (χ3n) is 4.98. The van der Waals surface area contributed by atoms with E-state index in [0.29, 0.717) is 22.5 Å². The topological polar surface area (TPSA) is 57.0 Å². The monoisotopic (exact) mass is 407 g/mol. The summed E-state index contributed by atoms with van der Waals surface area (Å²) in [6.07, 6.45) is 0.456. The van der Waals surface area contributed by atoms with Crippen molar-refractivity contribution in [2.45, 2.75) is 6.42 Å². The zero-order valence-corrected chi connectivity index (χ0v) is 16.7. The predicted molar refractivity (Wildman–Crippen MR) is 112 cm³/mol. The van der Waals surface area contributed by atoms with E-state index < -0.39 is 11.9 Å². The molecule has 0 N–H and O–H groups in total. The fraction of sp³-hybridized carbons (Fsp3) is 0.130. The summed E-state index contributed by atoms with van der Waals surface area (Å²) >= 11 is 6.37. The number of fused-ring (bicyclic) bond motifs is 3. The molecule has 0 saturated heterocycles. The van der Waals surface area contributed by atoms with Gasteiger partial charge in [0.25, 0.3) is 0 Å². The van der Waals surface area contributed by atoms with E-state index in [-0.39, 0.29) is 11.3 Å². The molecule has 0 atom stereocenters. The third-order valence-corrected chi connectivity index (χ3v) is 5.31. The normalized spacial score (nSPS) is 11.0. The molecule has 6 heteroatoms. The Labute approximate surface area is 172 Å². The number of methoxy groups -OCH3 is 2. The molecule has 5 nitrogen and oxygen atoms in total. The standard InChI is InChI=1S/C23H18ClNO4/c1-28-22(26)20-16(13-14-7-4-3-5-8-14)19-12-11-15-17(24)9-6-10-18(15)25(19)21(20)23(27)29-2/h3-12H,13H2,1-2H3. The highest BCUT2D eigenvalue weighted by Gasteiger charge is 2.30. The van der Waals surface area contributed by atoms with Crippen molar-refractivity contribution in [2.24, 2.45) is 0 Å². The van der Waals surface area contributed by atoms with E-state index in [4.69, 9.17) is 21.1 Å². The van der Waals surface area contributed by atoms with E-state index >= 15 is 0 Å². The van der Waals surface area contributed by atoms with Crippen molar-refractivity contribution >= 4 is 40.0 Å². The lowest BCUT2D eigenvalue weighted by Crippen LogP contribution is -2.14. The smallest absolute Gasteiger partial charge is 0.355 e. The van der Waals surface area contributed by atoms with Gasteiger partial charge in [0.15, 0.2) is 0 Å². The Balaban J connectivity index is 2.15. The Kier molecular flexibility index (Phi) is 4.99. The number of nitrogens with zero attached hydrogens (tertiary/aromatic N) is 1. The second-order valence-electron chi connectivity index (χ2n) is 6.57. The first-order valence-electron chi connectivity index (χ1n) is 9.02. The number of rotatable bonds is 4. The minimum absolute atomic E-state index is 0.133. The first-order valence-corrected chi connectivity index (χ1v) is 9.39. The van der Waals surface area contributed by atoms with E-state index in [1.807, 2.05) is 48.5 Å². The Morgan fingerprint density at radius 2 is 1.59 bits per heavy atom. The lowest BCUT2D eigenvalue weighted by molar-refractivity contribution is 0.0550. The second-order valence-corrected chi connectivity index (χ2v) is 6.98. The van der Waals surface area contributed by atoms with Crippen LogP contribution in [-0.4, -0.2) is 30.6 Å². The van der Waals surface area contributed by atoms with Crippen LogP contribution in [0.3, 0.4) is 0 Å². The SMILES string of the molecule is COC(=O)c1c(Cc2ccccc2)c2ccc3c(Cl)cccc3n2c1C(=O)OC. The van der Waals surface area contributed by atoms with Crippen molar-refractivity contribution in [3.8, 4) is 0 Å². The third kappa shape index (κ3) is 3.13. The molecular weight excluding hydrogens is 390 g/mol. The lowest BCUT2D eigenvalue weighted by atomic mass is 10.0. The number of esters is 2. The van der Waals surface area contributed by atoms with Crippen LogP contribution < -0.4 is 0 Å². The molecule has 0 fully saturated rings. The summed E-state index contributed by atoms with van der Waals surface area (Å²) in [6, 6.07) is 18.9. The number of hydrogen-bond donors (Lipinski definition) is 0. The van der Waals surface area contributed by atoms with Gasteiger partial charge in [0.1, 0.15) is 5.69 Å². The van der Waals surface area contributed by atoms with Gasteiger partial charge in [0, 0.05) is 16.8 Å². The second kappa shape index (κ2) is 7.60. The summed E-state index contributed by atoms with van der Waals surface area (Å²) in [6.45, 7) is 0. The van der Waals surface area contributed by atoms with Gasteiger partial charge in [-0.1, -0.05) is 48.0 Å². The van der Waals surface area contributed by atoms with E-state index in [2.05, 4.69) is 0 Å². The zero-order chi connectivity index (χ0) is 20.5. The number of ether oxygens (including phenoxy) is 2. The lowest BCUT2D eigenvalue weighted by Gasteiger charge is -2.08. The fourth-order valence-electron chi connectivity index (χ4n) is 3.70. The number of carbonyl (C=O) groups excluding carboxylic acids is 2. The highest BCUT2D eigenvalue weighted by atomic mass is 35.5. The molecule has 0 amide bonds. The van der Waals surface area contributed by atoms with Crippen molar-refractivity contribution in [1.29, 1.82) is 0 Å². The van der Waals surface area contributed by atoms with E-state index in [1.54, 1.807) is 16.5 Å². The molecule has 0 spiro atoms. The molecule has 0 aliphatic heterocycles. The molecule has 2 aromatic heterocycles. The van der Waals surface area contributed by atoms with Gasteiger partial charge < -0.3 is 13.9 Å². The largest absolute Gasteiger partial charge is 0.465 e. The number of hydrogen-bond acceptors (Lipinski definition) is 4. The molecule has 2 aromatic carbocycles. The molecule has 4 aromatic rings. The Bertz CT molecular complexity index is 1240. The molecule has 0 saturated carbocycles. The summed E-state index contributed by atoms with van der Waals surface area (Å²) in [7, 11) is 2.59. The van der Waals surface area contributed by atoms with Crippen molar-refractivity contribution < 1.29 is 19.1 Å². The first-order chi connectivity index (χ1) is 14.1. The minimum atomic E-state index is -0.618. The minimum Gasteiger partial charge on any atom is -0.465 e. The van der Waals surface area contributed by atoms with Crippen molar-refractivity contribution in [2.75, 3.05) is 14.2 Å². The van der Waals surface area contributed by atoms with Gasteiger partial charge in [-0.3, -0.25) is 0 Å². The Morgan fingerprint density at radius 3 is 2.28 bits per heavy atom. The highest BCUT2D eigenvalue weighted by molar-refractivity contribution is 6.35. The molecule has 146 valence electrons. The van der Waals surface area contributed by atoms with Crippen LogP contribution in [0, 0.1) is 0 Å². The summed E-state index contributed by atoms with van der Waals surface area (Å²) in [5.41, 5.74) is 3.48. The maximum atomic E-state index is 12.8. The van der Waals surface area contributed by atoms with Gasteiger partial charge in [-0.2, -0.15) is 0 Å². The number of aromatic nitrogens is 1. The van der Waals surface area contributed by atoms with Crippen molar-refractivity contribution in [3.63, 3.8) is 0 Å². The van der Waals surface area contributed by atoms with Crippen molar-refractivity contribution in [3.05, 3.63) is 88.1 Å². The van der Waals surface area contributed by atoms with Gasteiger partial charge in [0.2, 0.25) is 0 Å². The Hall–Kier alpha value is -3.31. The van der Waals surface area contributed by atoms with Crippen LogP contribution in [0.2, 0.25) is 5.02 Å². The van der Waals surface area contributed by atoms with Gasteiger partial charge in [-0.15, -0.1) is 0 Å². The van der Waals surface area contributed by atoms with Gasteiger partial charge in [0.05, 0.1) is 30.8 Å². The molecule has 2 heterocycles. The quantitative estimate of drug-likeness (QED) is 0.451. The number of benzene rings is 2. The van der Waals surface area contributed by atoms with Gasteiger partial charge in [-0.05, 0) is 35.4 Å². The van der Waals surface area contributed by atoms with Crippen LogP contribution in [-0.2, 0) is 15.9 Å². The van der Waals surface area contributed by atoms with E-state index in [1.165, 1.54) is 14.2 Å². The van der Waals surface area contributed by atoms with Crippen LogP contribution in [0.4, 0.5) is 0 Å². The van der Waals surface area contributed by atoms with Gasteiger partial charge in [-0.25, -0.2) is 9.59 Å². The molecular formula is C23H18ClNO4. The highest BCUT2D eigenvalue weighted by Crippen LogP contribution is 2.33. The molecule has 29 heavy (non-hydrogen) atoms. The summed E-state index contributed by atoms with van der Waals surface area (Å²) in [4.78, 5) is 25.5. The summed E-state index contributed by atoms with van der Waals surface area (Å²) in [5, 5.41) is 1.32. The first kappa shape index (κ1) is 19.0. The average molecular weight is 408 g/mol. The molecule has 4 rings (SSSR count). The summed E-state index contributed by atoms with van der Waals surface area (Å²) < 4.78 is 11.8. The van der Waals surface area contributed by atoms with Crippen LogP contribution in [0.1, 0.15) is 32.0 Å². The molecule has 0 bridgehead atoms. The van der Waals surface area contributed by atoms with Crippen LogP contribution >= 0.6 is 11.6 Å². The number of halogens is 1. The van der Waals surface area contributed by atoms with Crippen LogP contribution in [0.15, 0.2) is 60.7 Å². The maximum Gasteiger partial charge on any atom is 0.355 e. The maximum absolute atomic E-state index is 12.8. The van der Waals surface area contributed by atoms with Crippen LogP contribution in [0.5, 0.6) is 0 Å². The fourth-order valence-corrected chi connectivity index (χ4v) is 3.93. The molecule has 0 unspecified atom stereocenters. The average Bonchev–Trinajstić information content (AvgIpc) is 3.08. The molecule has 0 aliphatic rings. The zero-order valence-electron chi connectivity index (χ0n) is 15.9. The molecule has 0 radical (unpaired) electrons. The summed E-state index contributed by atoms with van der Waals surface area (Å²) in [5.74, 6) is -1.21. The van der Waals surface area contributed by atoms with Crippen LogP contribution in [0.25, 0.3) is 16.4 Å². The van der Waals surface area contributed by atoms with E-state index in [0.717, 1.165) is 16.5 Å². The Morgan fingerprint density at radius 1 is 0.862 bits per heavy atom.